The zero-order valence-corrected chi connectivity index (χ0v) is 14.1. The molecular weight excluding hydrogens is 274 g/mol. The van der Waals surface area contributed by atoms with Crippen molar-refractivity contribution in [1.29, 1.82) is 0 Å². The van der Waals surface area contributed by atoms with E-state index in [1.54, 1.807) is 7.11 Å². The van der Waals surface area contributed by atoms with Crippen LogP contribution in [0.1, 0.15) is 0 Å². The zero-order chi connectivity index (χ0) is 15.0. The van der Waals surface area contributed by atoms with Crippen LogP contribution in [0.4, 0.5) is 0 Å². The van der Waals surface area contributed by atoms with Crippen LogP contribution in [0.25, 0.3) is 10.9 Å². The van der Waals surface area contributed by atoms with Crippen molar-refractivity contribution in [3.63, 3.8) is 0 Å². The fraction of sp³-hybridized carbons (Fsp3) is 0.222. The number of methoxy groups -OCH3 is 1. The van der Waals surface area contributed by atoms with E-state index in [4.69, 9.17) is 4.74 Å². The number of hydrogen-bond acceptors (Lipinski definition) is 1. The van der Waals surface area contributed by atoms with Gasteiger partial charge < -0.3 is 9.30 Å². The first-order chi connectivity index (χ1) is 10.0. The van der Waals surface area contributed by atoms with Crippen molar-refractivity contribution in [2.24, 2.45) is 7.05 Å². The van der Waals surface area contributed by atoms with Crippen molar-refractivity contribution in [1.82, 2.24) is 4.57 Å². The molecule has 0 fully saturated rings. The Labute approximate surface area is 127 Å². The summed E-state index contributed by atoms with van der Waals surface area (Å²) >= 11 is 0. The van der Waals surface area contributed by atoms with Crippen molar-refractivity contribution in [3.8, 4) is 5.75 Å². The van der Waals surface area contributed by atoms with E-state index in [2.05, 4.69) is 73.4 Å². The molecule has 3 rings (SSSR count). The summed E-state index contributed by atoms with van der Waals surface area (Å²) in [5.41, 5.74) is 1.27. The fourth-order valence-corrected chi connectivity index (χ4v) is 5.73. The first-order valence-corrected chi connectivity index (χ1v) is 10.2. The Balaban J connectivity index is 2.24. The minimum atomic E-state index is -1.71. The third-order valence-electron chi connectivity index (χ3n) is 4.37. The molecule has 0 bridgehead atoms. The minimum Gasteiger partial charge on any atom is -0.497 e. The molecule has 21 heavy (non-hydrogen) atoms. The Hall–Kier alpha value is -2.00. The highest BCUT2D eigenvalue weighted by Gasteiger charge is 2.29. The summed E-state index contributed by atoms with van der Waals surface area (Å²) in [5.74, 6) is 0.924. The smallest absolute Gasteiger partial charge is 0.119 e. The third kappa shape index (κ3) is 2.27. The lowest BCUT2D eigenvalue weighted by atomic mass is 10.2. The molecule has 0 N–H and O–H groups in total. The number of aryl methyl sites for hydroxylation is 1. The summed E-state index contributed by atoms with van der Waals surface area (Å²) in [4.78, 5) is 0. The van der Waals surface area contributed by atoms with E-state index in [-0.39, 0.29) is 0 Å². The summed E-state index contributed by atoms with van der Waals surface area (Å²) in [6, 6.07) is 17.2. The highest BCUT2D eigenvalue weighted by atomic mass is 28.3. The van der Waals surface area contributed by atoms with E-state index in [0.29, 0.717) is 0 Å². The minimum absolute atomic E-state index is 0.924. The number of fused-ring (bicyclic) bond motifs is 1. The van der Waals surface area contributed by atoms with Crippen LogP contribution in [-0.4, -0.2) is 19.8 Å². The second kappa shape index (κ2) is 5.08. The van der Waals surface area contributed by atoms with Gasteiger partial charge in [0.2, 0.25) is 0 Å². The van der Waals surface area contributed by atoms with Crippen LogP contribution in [-0.2, 0) is 7.05 Å². The maximum absolute atomic E-state index is 5.41. The lowest BCUT2D eigenvalue weighted by Crippen LogP contribution is -2.52. The third-order valence-corrected chi connectivity index (χ3v) is 7.89. The first-order valence-electron chi connectivity index (χ1n) is 7.23. The van der Waals surface area contributed by atoms with Gasteiger partial charge in [-0.25, -0.2) is 0 Å². The van der Waals surface area contributed by atoms with E-state index < -0.39 is 8.07 Å². The van der Waals surface area contributed by atoms with Gasteiger partial charge in [-0.1, -0.05) is 48.6 Å². The SMILES string of the molecule is COc1ccc2c(c1)c([Si](C)(C)c1ccccc1)cn2C. The highest BCUT2D eigenvalue weighted by Crippen LogP contribution is 2.22. The van der Waals surface area contributed by atoms with Gasteiger partial charge in [0, 0.05) is 24.1 Å². The van der Waals surface area contributed by atoms with E-state index in [1.807, 2.05) is 6.07 Å². The van der Waals surface area contributed by atoms with Crippen molar-refractivity contribution in [2.75, 3.05) is 7.11 Å². The maximum Gasteiger partial charge on any atom is 0.119 e. The van der Waals surface area contributed by atoms with Gasteiger partial charge in [-0.3, -0.25) is 0 Å². The van der Waals surface area contributed by atoms with Crippen LogP contribution in [0.5, 0.6) is 5.75 Å². The van der Waals surface area contributed by atoms with Crippen molar-refractivity contribution in [2.45, 2.75) is 13.1 Å². The Bertz CT molecular complexity index is 775. The topological polar surface area (TPSA) is 14.2 Å². The van der Waals surface area contributed by atoms with E-state index in [1.165, 1.54) is 21.3 Å². The molecule has 3 aromatic rings. The molecule has 0 aliphatic heterocycles. The van der Waals surface area contributed by atoms with Gasteiger partial charge in [0.15, 0.2) is 0 Å². The van der Waals surface area contributed by atoms with Gasteiger partial charge in [-0.2, -0.15) is 0 Å². The average Bonchev–Trinajstić information content (AvgIpc) is 2.85. The molecule has 0 aliphatic rings. The average molecular weight is 295 g/mol. The Morgan fingerprint density at radius 3 is 2.38 bits per heavy atom. The number of nitrogens with zero attached hydrogens (tertiary/aromatic N) is 1. The number of ether oxygens (including phenoxy) is 1. The quantitative estimate of drug-likeness (QED) is 0.678. The summed E-state index contributed by atoms with van der Waals surface area (Å²) in [7, 11) is 2.13. The largest absolute Gasteiger partial charge is 0.497 e. The standard InChI is InChI=1S/C18H21NOSi/c1-19-13-18(16-12-14(20-2)10-11-17(16)19)21(3,4)15-8-6-5-7-9-15/h5-13H,1-4H3. The van der Waals surface area contributed by atoms with E-state index in [0.717, 1.165) is 5.75 Å². The van der Waals surface area contributed by atoms with Crippen LogP contribution in [0.2, 0.25) is 13.1 Å². The number of benzene rings is 2. The lowest BCUT2D eigenvalue weighted by Gasteiger charge is -2.22. The molecule has 0 saturated carbocycles. The molecule has 0 unspecified atom stereocenters. The van der Waals surface area contributed by atoms with E-state index >= 15 is 0 Å². The van der Waals surface area contributed by atoms with Gasteiger partial charge in [0.1, 0.15) is 13.8 Å². The normalized spacial score (nSPS) is 11.8. The van der Waals surface area contributed by atoms with Crippen LogP contribution >= 0.6 is 0 Å². The van der Waals surface area contributed by atoms with Crippen LogP contribution in [0.3, 0.4) is 0 Å². The van der Waals surface area contributed by atoms with E-state index in [9.17, 15) is 0 Å². The molecular formula is C18H21NOSi. The molecule has 0 amide bonds. The van der Waals surface area contributed by atoms with Gasteiger partial charge >= 0.3 is 0 Å². The molecule has 2 aromatic carbocycles. The summed E-state index contributed by atoms with van der Waals surface area (Å²) in [5, 5.41) is 4.24. The van der Waals surface area contributed by atoms with Crippen molar-refractivity contribution in [3.05, 3.63) is 54.7 Å². The van der Waals surface area contributed by atoms with Crippen molar-refractivity contribution < 1.29 is 4.74 Å². The Morgan fingerprint density at radius 2 is 1.71 bits per heavy atom. The second-order valence-electron chi connectivity index (χ2n) is 6.03. The molecule has 0 spiro atoms. The molecule has 108 valence electrons. The molecule has 0 atom stereocenters. The number of rotatable bonds is 3. The number of hydrogen-bond donors (Lipinski definition) is 0. The zero-order valence-electron chi connectivity index (χ0n) is 13.1. The van der Waals surface area contributed by atoms with Gasteiger partial charge in [-0.15, -0.1) is 0 Å². The van der Waals surface area contributed by atoms with Gasteiger partial charge in [-0.05, 0) is 23.4 Å². The molecule has 3 heteroatoms. The molecule has 1 aromatic heterocycles. The highest BCUT2D eigenvalue weighted by molar-refractivity contribution is 7.01. The molecule has 0 radical (unpaired) electrons. The predicted molar refractivity (Wildman–Crippen MR) is 92.7 cm³/mol. The summed E-state index contributed by atoms with van der Waals surface area (Å²) in [6.07, 6.45) is 2.29. The van der Waals surface area contributed by atoms with Crippen LogP contribution in [0.15, 0.2) is 54.7 Å². The van der Waals surface area contributed by atoms with Crippen molar-refractivity contribution >= 4 is 29.4 Å². The van der Waals surface area contributed by atoms with Gasteiger partial charge in [0.25, 0.3) is 0 Å². The van der Waals surface area contributed by atoms with Gasteiger partial charge in [0.05, 0.1) is 7.11 Å². The molecule has 2 nitrogen and oxygen atoms in total. The number of aromatic nitrogens is 1. The molecule has 1 heterocycles. The lowest BCUT2D eigenvalue weighted by molar-refractivity contribution is 0.415. The summed E-state index contributed by atoms with van der Waals surface area (Å²) in [6.45, 7) is 4.83. The Morgan fingerprint density at radius 1 is 1.00 bits per heavy atom. The molecule has 0 saturated heterocycles. The second-order valence-corrected chi connectivity index (χ2v) is 10.4. The predicted octanol–water partition coefficient (Wildman–Crippen LogP) is 3.01. The first kappa shape index (κ1) is 14.0. The monoisotopic (exact) mass is 295 g/mol. The molecule has 0 aliphatic carbocycles. The van der Waals surface area contributed by atoms with Crippen LogP contribution in [0, 0.1) is 0 Å². The van der Waals surface area contributed by atoms with Crippen LogP contribution < -0.4 is 15.1 Å². The summed E-state index contributed by atoms with van der Waals surface area (Å²) < 4.78 is 7.64. The maximum atomic E-state index is 5.41. The Kier molecular flexibility index (Phi) is 3.37. The fourth-order valence-electron chi connectivity index (χ4n) is 3.01.